The molecule has 6 heteroatoms. The molecule has 0 radical (unpaired) electrons. The van der Waals surface area contributed by atoms with E-state index in [-0.39, 0.29) is 11.5 Å². The molecule has 0 atom stereocenters. The second kappa shape index (κ2) is 8.72. The van der Waals surface area contributed by atoms with Gasteiger partial charge in [-0.1, -0.05) is 0 Å². The lowest BCUT2D eigenvalue weighted by Crippen LogP contribution is -2.08. The van der Waals surface area contributed by atoms with Gasteiger partial charge in [0.05, 0.1) is 23.0 Å². The van der Waals surface area contributed by atoms with Crippen molar-refractivity contribution in [2.75, 3.05) is 19.0 Å². The van der Waals surface area contributed by atoms with Gasteiger partial charge in [0.1, 0.15) is 17.8 Å². The molecule has 1 heterocycles. The van der Waals surface area contributed by atoms with Crippen LogP contribution in [-0.2, 0) is 0 Å². The van der Waals surface area contributed by atoms with Crippen molar-refractivity contribution in [3.05, 3.63) is 89.0 Å². The summed E-state index contributed by atoms with van der Waals surface area (Å²) in [6, 6.07) is 17.8. The Morgan fingerprint density at radius 1 is 0.862 bits per heavy atom. The SMILES string of the molecule is CN(C)c1ccc(/C(O)=C/c2cc(/C=C(\O)c3ccc(C#N)cc3)ncn2)cc1. The first-order valence-electron chi connectivity index (χ1n) is 8.88. The van der Waals surface area contributed by atoms with Gasteiger partial charge in [-0.05, 0) is 54.6 Å². The van der Waals surface area contributed by atoms with Crippen LogP contribution >= 0.6 is 0 Å². The molecular formula is C23H20N4O2. The summed E-state index contributed by atoms with van der Waals surface area (Å²) in [7, 11) is 3.90. The molecule has 0 aliphatic heterocycles. The molecule has 29 heavy (non-hydrogen) atoms. The van der Waals surface area contributed by atoms with E-state index in [2.05, 4.69) is 9.97 Å². The number of aliphatic hydroxyl groups is 2. The molecule has 144 valence electrons. The summed E-state index contributed by atoms with van der Waals surface area (Å²) >= 11 is 0. The zero-order valence-corrected chi connectivity index (χ0v) is 16.1. The van der Waals surface area contributed by atoms with Crippen LogP contribution in [0.15, 0.2) is 60.9 Å². The standard InChI is InChI=1S/C23H20N4O2/c1-27(2)21-9-7-18(8-10-21)23(29)13-20-11-19(25-15-26-20)12-22(28)17-5-3-16(14-24)4-6-17/h3-13,15,28-29H,1-2H3/b22-12-,23-13-. The highest BCUT2D eigenvalue weighted by molar-refractivity contribution is 5.78. The van der Waals surface area contributed by atoms with Crippen molar-refractivity contribution < 1.29 is 10.2 Å². The van der Waals surface area contributed by atoms with E-state index in [0.29, 0.717) is 28.1 Å². The van der Waals surface area contributed by atoms with Gasteiger partial charge in [0.2, 0.25) is 0 Å². The maximum Gasteiger partial charge on any atom is 0.124 e. The number of aromatic nitrogens is 2. The van der Waals surface area contributed by atoms with Gasteiger partial charge in [0, 0.05) is 43.1 Å². The molecule has 0 unspecified atom stereocenters. The summed E-state index contributed by atoms with van der Waals surface area (Å²) in [5.74, 6) is 0.104. The van der Waals surface area contributed by atoms with Crippen molar-refractivity contribution in [2.24, 2.45) is 0 Å². The summed E-state index contributed by atoms with van der Waals surface area (Å²) < 4.78 is 0. The molecule has 2 N–H and O–H groups in total. The summed E-state index contributed by atoms with van der Waals surface area (Å²) in [5.41, 5.74) is 3.80. The smallest absolute Gasteiger partial charge is 0.124 e. The number of hydrogen-bond donors (Lipinski definition) is 2. The summed E-state index contributed by atoms with van der Waals surface area (Å²) in [6.07, 6.45) is 4.41. The lowest BCUT2D eigenvalue weighted by molar-refractivity contribution is 0.515. The van der Waals surface area contributed by atoms with E-state index in [1.54, 1.807) is 36.4 Å². The predicted octanol–water partition coefficient (Wildman–Crippen LogP) is 4.53. The van der Waals surface area contributed by atoms with Crippen molar-refractivity contribution in [1.82, 2.24) is 9.97 Å². The highest BCUT2D eigenvalue weighted by Gasteiger charge is 2.04. The third kappa shape index (κ3) is 4.99. The molecule has 2 aromatic carbocycles. The molecule has 6 nitrogen and oxygen atoms in total. The summed E-state index contributed by atoms with van der Waals surface area (Å²) in [6.45, 7) is 0. The van der Waals surface area contributed by atoms with Gasteiger partial charge in [-0.2, -0.15) is 5.26 Å². The average molecular weight is 384 g/mol. The van der Waals surface area contributed by atoms with Gasteiger partial charge in [0.25, 0.3) is 0 Å². The first-order chi connectivity index (χ1) is 14.0. The lowest BCUT2D eigenvalue weighted by Gasteiger charge is -2.12. The normalized spacial score (nSPS) is 11.8. The molecule has 3 rings (SSSR count). The number of aliphatic hydroxyl groups excluding tert-OH is 2. The molecule has 1 aromatic heterocycles. The molecule has 0 saturated carbocycles. The fourth-order valence-corrected chi connectivity index (χ4v) is 2.64. The number of anilines is 1. The maximum atomic E-state index is 10.4. The fourth-order valence-electron chi connectivity index (χ4n) is 2.64. The Hall–Kier alpha value is -4.11. The van der Waals surface area contributed by atoms with Crippen LogP contribution in [0.1, 0.15) is 28.1 Å². The zero-order valence-electron chi connectivity index (χ0n) is 16.1. The number of nitriles is 1. The van der Waals surface area contributed by atoms with Crippen LogP contribution in [0.5, 0.6) is 0 Å². The van der Waals surface area contributed by atoms with Crippen LogP contribution in [0.2, 0.25) is 0 Å². The largest absolute Gasteiger partial charge is 0.507 e. The van der Waals surface area contributed by atoms with Gasteiger partial charge in [-0.15, -0.1) is 0 Å². The molecule has 0 bridgehead atoms. The van der Waals surface area contributed by atoms with E-state index in [9.17, 15) is 10.2 Å². The van der Waals surface area contributed by atoms with Crippen LogP contribution in [0.3, 0.4) is 0 Å². The molecule has 0 aliphatic rings. The predicted molar refractivity (Wildman–Crippen MR) is 115 cm³/mol. The van der Waals surface area contributed by atoms with Gasteiger partial charge in [-0.3, -0.25) is 0 Å². The topological polar surface area (TPSA) is 93.3 Å². The first kappa shape index (κ1) is 19.6. The highest BCUT2D eigenvalue weighted by atomic mass is 16.3. The Bertz CT molecular complexity index is 1090. The Balaban J connectivity index is 1.82. The lowest BCUT2D eigenvalue weighted by atomic mass is 10.1. The van der Waals surface area contributed by atoms with E-state index in [1.165, 1.54) is 12.4 Å². The number of hydrogen-bond acceptors (Lipinski definition) is 6. The van der Waals surface area contributed by atoms with Crippen molar-refractivity contribution in [3.63, 3.8) is 0 Å². The van der Waals surface area contributed by atoms with Crippen molar-refractivity contribution in [2.45, 2.75) is 0 Å². The van der Waals surface area contributed by atoms with Crippen LogP contribution in [-0.4, -0.2) is 34.3 Å². The van der Waals surface area contributed by atoms with Gasteiger partial charge < -0.3 is 15.1 Å². The number of benzene rings is 2. The molecule has 3 aromatic rings. The summed E-state index contributed by atoms with van der Waals surface area (Å²) in [4.78, 5) is 10.3. The van der Waals surface area contributed by atoms with Crippen LogP contribution in [0, 0.1) is 11.3 Å². The van der Waals surface area contributed by atoms with Gasteiger partial charge in [-0.25, -0.2) is 9.97 Å². The molecule has 0 spiro atoms. The third-order valence-electron chi connectivity index (χ3n) is 4.27. The van der Waals surface area contributed by atoms with E-state index < -0.39 is 0 Å². The average Bonchev–Trinajstić information content (AvgIpc) is 2.74. The minimum absolute atomic E-state index is 0.0200. The van der Waals surface area contributed by atoms with Crippen molar-refractivity contribution in [1.29, 1.82) is 5.26 Å². The second-order valence-electron chi connectivity index (χ2n) is 6.56. The Labute approximate surface area is 169 Å². The third-order valence-corrected chi connectivity index (χ3v) is 4.27. The monoisotopic (exact) mass is 384 g/mol. The van der Waals surface area contributed by atoms with Crippen molar-refractivity contribution in [3.8, 4) is 6.07 Å². The van der Waals surface area contributed by atoms with Crippen molar-refractivity contribution >= 4 is 29.4 Å². The highest BCUT2D eigenvalue weighted by Crippen LogP contribution is 2.20. The summed E-state index contributed by atoms with van der Waals surface area (Å²) in [5, 5.41) is 29.6. The van der Waals surface area contributed by atoms with E-state index >= 15 is 0 Å². The maximum absolute atomic E-state index is 10.4. The second-order valence-corrected chi connectivity index (χ2v) is 6.56. The number of rotatable bonds is 5. The first-order valence-corrected chi connectivity index (χ1v) is 8.88. The van der Waals surface area contributed by atoms with Gasteiger partial charge in [0.15, 0.2) is 0 Å². The fraction of sp³-hybridized carbons (Fsp3) is 0.0870. The Morgan fingerprint density at radius 2 is 1.34 bits per heavy atom. The Kier molecular flexibility index (Phi) is 5.91. The Morgan fingerprint density at radius 3 is 1.79 bits per heavy atom. The van der Waals surface area contributed by atoms with Crippen LogP contribution < -0.4 is 4.90 Å². The zero-order chi connectivity index (χ0) is 20.8. The quantitative estimate of drug-likeness (QED) is 0.628. The minimum Gasteiger partial charge on any atom is -0.507 e. The van der Waals surface area contributed by atoms with Gasteiger partial charge >= 0.3 is 0 Å². The number of nitrogens with zero attached hydrogens (tertiary/aromatic N) is 4. The van der Waals surface area contributed by atoms with E-state index in [4.69, 9.17) is 5.26 Å². The minimum atomic E-state index is 0.0200. The molecular weight excluding hydrogens is 364 g/mol. The van der Waals surface area contributed by atoms with Crippen LogP contribution in [0.4, 0.5) is 5.69 Å². The van der Waals surface area contributed by atoms with E-state index in [1.807, 2.05) is 49.3 Å². The molecule has 0 aliphatic carbocycles. The van der Waals surface area contributed by atoms with E-state index in [0.717, 1.165) is 5.69 Å². The molecule has 0 saturated heterocycles. The molecule has 0 amide bonds. The molecule has 0 fully saturated rings. The van der Waals surface area contributed by atoms with Crippen LogP contribution in [0.25, 0.3) is 23.7 Å².